The van der Waals surface area contributed by atoms with Crippen LogP contribution in [0.1, 0.15) is 0 Å². The van der Waals surface area contributed by atoms with Crippen LogP contribution in [0, 0.1) is 9.54 Å². The smallest absolute Gasteiger partial charge is 0.184 e. The number of aromatic nitrogens is 4. The van der Waals surface area contributed by atoms with E-state index in [9.17, 15) is 0 Å². The number of ether oxygens (including phenoxy) is 2. The van der Waals surface area contributed by atoms with Crippen molar-refractivity contribution < 1.29 is 9.47 Å². The van der Waals surface area contributed by atoms with E-state index in [1.54, 1.807) is 0 Å². The topological polar surface area (TPSA) is 38.2 Å². The van der Waals surface area contributed by atoms with Crippen molar-refractivity contribution in [3.63, 3.8) is 0 Å². The average Bonchev–Trinajstić information content (AvgIpc) is 3.39. The monoisotopic (exact) mass is 466 g/mol. The van der Waals surface area contributed by atoms with Gasteiger partial charge in [-0.05, 0) is 48.7 Å². The third-order valence-electron chi connectivity index (χ3n) is 5.09. The van der Waals surface area contributed by atoms with Gasteiger partial charge in [0.05, 0.1) is 26.4 Å². The third kappa shape index (κ3) is 5.52. The van der Waals surface area contributed by atoms with E-state index in [0.717, 1.165) is 20.9 Å². The maximum absolute atomic E-state index is 5.71. The molecule has 0 saturated heterocycles. The molecule has 8 heteroatoms. The molecule has 2 aromatic carbocycles. The van der Waals surface area contributed by atoms with E-state index in [1.165, 1.54) is 0 Å². The first kappa shape index (κ1) is 22.4. The van der Waals surface area contributed by atoms with Gasteiger partial charge >= 0.3 is 0 Å². The van der Waals surface area contributed by atoms with Crippen LogP contribution in [0.5, 0.6) is 0 Å². The molecule has 4 rings (SSSR count). The molecular weight excluding hydrogens is 440 g/mol. The summed E-state index contributed by atoms with van der Waals surface area (Å²) in [5.41, 5.74) is 2.12. The zero-order chi connectivity index (χ0) is 22.2. The molecule has 32 heavy (non-hydrogen) atoms. The van der Waals surface area contributed by atoms with Gasteiger partial charge in [0, 0.05) is 49.3 Å². The first-order valence-electron chi connectivity index (χ1n) is 10.6. The molecule has 0 saturated carbocycles. The summed E-state index contributed by atoms with van der Waals surface area (Å²) in [4.78, 5) is 0. The lowest BCUT2D eigenvalue weighted by atomic mass is 10.3. The maximum atomic E-state index is 5.71. The van der Waals surface area contributed by atoms with Crippen LogP contribution in [0.2, 0.25) is 0 Å². The van der Waals surface area contributed by atoms with E-state index in [2.05, 4.69) is 0 Å². The zero-order valence-corrected chi connectivity index (χ0v) is 19.4. The minimum atomic E-state index is 0.545. The number of hydrogen-bond acceptors (Lipinski definition) is 4. The van der Waals surface area contributed by atoms with Gasteiger partial charge in [0.15, 0.2) is 9.54 Å². The van der Waals surface area contributed by atoms with Crippen LogP contribution < -0.4 is 0 Å². The van der Waals surface area contributed by atoms with E-state index in [0.29, 0.717) is 39.5 Å². The van der Waals surface area contributed by atoms with Crippen molar-refractivity contribution in [1.82, 2.24) is 18.3 Å². The van der Waals surface area contributed by atoms with Crippen molar-refractivity contribution in [2.75, 3.05) is 26.4 Å². The summed E-state index contributed by atoms with van der Waals surface area (Å²) in [6, 6.07) is 20.2. The van der Waals surface area contributed by atoms with Gasteiger partial charge in [0.25, 0.3) is 0 Å². The summed E-state index contributed by atoms with van der Waals surface area (Å²) in [5.74, 6) is 0. The molecule has 0 aliphatic rings. The van der Waals surface area contributed by atoms with Crippen LogP contribution in [0.4, 0.5) is 0 Å². The Morgan fingerprint density at radius 3 is 1.34 bits per heavy atom. The molecular formula is C24H26N4O2S2. The Labute approximate surface area is 197 Å². The molecule has 2 heterocycles. The number of benzene rings is 2. The first-order valence-corrected chi connectivity index (χ1v) is 11.4. The molecule has 0 aliphatic heterocycles. The van der Waals surface area contributed by atoms with Crippen LogP contribution in [0.3, 0.4) is 0 Å². The van der Waals surface area contributed by atoms with Crippen LogP contribution >= 0.6 is 24.4 Å². The van der Waals surface area contributed by atoms with E-state index < -0.39 is 0 Å². The summed E-state index contributed by atoms with van der Waals surface area (Å²) >= 11 is 11.1. The molecule has 0 unspecified atom stereocenters. The lowest BCUT2D eigenvalue weighted by Gasteiger charge is -2.08. The summed E-state index contributed by atoms with van der Waals surface area (Å²) < 4.78 is 21.0. The third-order valence-corrected chi connectivity index (χ3v) is 5.95. The quantitative estimate of drug-likeness (QED) is 0.229. The van der Waals surface area contributed by atoms with E-state index in [1.807, 2.05) is 104 Å². The van der Waals surface area contributed by atoms with Gasteiger partial charge in [-0.2, -0.15) is 0 Å². The molecule has 0 atom stereocenters. The Kier molecular flexibility index (Phi) is 7.84. The Morgan fingerprint density at radius 1 is 0.531 bits per heavy atom. The van der Waals surface area contributed by atoms with E-state index >= 15 is 0 Å². The fraction of sp³-hybridized carbons (Fsp3) is 0.250. The van der Waals surface area contributed by atoms with Crippen molar-refractivity contribution in [3.8, 4) is 11.4 Å². The minimum absolute atomic E-state index is 0.545. The van der Waals surface area contributed by atoms with E-state index in [-0.39, 0.29) is 0 Å². The normalized spacial score (nSPS) is 11.1. The minimum Gasteiger partial charge on any atom is -0.377 e. The Bertz CT molecular complexity index is 1130. The molecule has 0 fully saturated rings. The van der Waals surface area contributed by atoms with Gasteiger partial charge in [-0.3, -0.25) is 9.13 Å². The Hall–Kier alpha value is -2.78. The number of para-hydroxylation sites is 2. The van der Waals surface area contributed by atoms with Crippen LogP contribution in [-0.2, 0) is 22.6 Å². The van der Waals surface area contributed by atoms with Crippen molar-refractivity contribution in [2.24, 2.45) is 0 Å². The molecule has 6 nitrogen and oxygen atoms in total. The summed E-state index contributed by atoms with van der Waals surface area (Å²) in [7, 11) is 0. The number of hydrogen-bond donors (Lipinski definition) is 0. The predicted octanol–water partition coefficient (Wildman–Crippen LogP) is 5.06. The summed E-state index contributed by atoms with van der Waals surface area (Å²) in [5, 5.41) is 0. The molecule has 4 aromatic rings. The second-order valence-corrected chi connectivity index (χ2v) is 7.91. The van der Waals surface area contributed by atoms with Crippen molar-refractivity contribution in [1.29, 1.82) is 0 Å². The molecule has 2 aromatic heterocycles. The van der Waals surface area contributed by atoms with Crippen molar-refractivity contribution >= 4 is 24.4 Å². The number of rotatable bonds is 11. The van der Waals surface area contributed by atoms with Gasteiger partial charge in [-0.15, -0.1) is 0 Å². The fourth-order valence-corrected chi connectivity index (χ4v) is 4.02. The highest BCUT2D eigenvalue weighted by Gasteiger charge is 2.03. The highest BCUT2D eigenvalue weighted by Crippen LogP contribution is 2.10. The maximum Gasteiger partial charge on any atom is 0.184 e. The van der Waals surface area contributed by atoms with Gasteiger partial charge in [-0.1, -0.05) is 36.4 Å². The molecule has 0 spiro atoms. The van der Waals surface area contributed by atoms with Crippen LogP contribution in [0.15, 0.2) is 85.5 Å². The summed E-state index contributed by atoms with van der Waals surface area (Å²) in [6.07, 6.45) is 7.94. The molecule has 0 radical (unpaired) electrons. The second kappa shape index (κ2) is 11.2. The van der Waals surface area contributed by atoms with E-state index in [4.69, 9.17) is 33.9 Å². The largest absolute Gasteiger partial charge is 0.377 e. The standard InChI is InChI=1S/C24H26N4O2S2/c31-23-25(11-13-27(23)21-7-3-1-4-8-21)15-17-29-19-20-30-18-16-26-12-14-28(24(26)32)22-9-5-2-6-10-22/h1-14H,15-20H2. The number of nitrogens with zero attached hydrogens (tertiary/aromatic N) is 4. The average molecular weight is 467 g/mol. The zero-order valence-electron chi connectivity index (χ0n) is 17.7. The van der Waals surface area contributed by atoms with Gasteiger partial charge < -0.3 is 18.6 Å². The molecule has 0 amide bonds. The van der Waals surface area contributed by atoms with Gasteiger partial charge in [-0.25, -0.2) is 0 Å². The van der Waals surface area contributed by atoms with Crippen molar-refractivity contribution in [2.45, 2.75) is 13.1 Å². The highest BCUT2D eigenvalue weighted by atomic mass is 32.1. The lowest BCUT2D eigenvalue weighted by molar-refractivity contribution is 0.0418. The second-order valence-electron chi connectivity index (χ2n) is 7.18. The molecule has 0 N–H and O–H groups in total. The Morgan fingerprint density at radius 2 is 0.938 bits per heavy atom. The van der Waals surface area contributed by atoms with Crippen molar-refractivity contribution in [3.05, 3.63) is 95.0 Å². The summed E-state index contributed by atoms with van der Waals surface area (Å²) in [6.45, 7) is 3.68. The molecule has 166 valence electrons. The lowest BCUT2D eigenvalue weighted by Crippen LogP contribution is -2.12. The van der Waals surface area contributed by atoms with Gasteiger partial charge in [0.2, 0.25) is 0 Å². The van der Waals surface area contributed by atoms with Crippen LogP contribution in [-0.4, -0.2) is 44.7 Å². The Balaban J connectivity index is 1.14. The van der Waals surface area contributed by atoms with Crippen LogP contribution in [0.25, 0.3) is 11.4 Å². The molecule has 0 aliphatic carbocycles. The number of imidazole rings is 2. The molecule has 0 bridgehead atoms. The predicted molar refractivity (Wildman–Crippen MR) is 131 cm³/mol. The SMILES string of the molecule is S=c1n(CCOCCOCCn2ccn(-c3ccccc3)c2=S)ccn1-c1ccccc1. The highest BCUT2D eigenvalue weighted by molar-refractivity contribution is 7.71. The fourth-order valence-electron chi connectivity index (χ4n) is 3.38. The van der Waals surface area contributed by atoms with Gasteiger partial charge in [0.1, 0.15) is 0 Å². The first-order chi connectivity index (χ1) is 15.7.